The summed E-state index contributed by atoms with van der Waals surface area (Å²) in [7, 11) is 0. The summed E-state index contributed by atoms with van der Waals surface area (Å²) in [5, 5.41) is 23.2. The van der Waals surface area contributed by atoms with Crippen LogP contribution in [-0.2, 0) is 0 Å². The summed E-state index contributed by atoms with van der Waals surface area (Å²) in [5.74, 6) is -0.747. The Kier molecular flexibility index (Phi) is 5.97. The van der Waals surface area contributed by atoms with Crippen LogP contribution < -0.4 is 5.32 Å². The van der Waals surface area contributed by atoms with Crippen LogP contribution in [0.3, 0.4) is 0 Å². The van der Waals surface area contributed by atoms with Crippen molar-refractivity contribution in [2.75, 3.05) is 0 Å². The van der Waals surface area contributed by atoms with Crippen LogP contribution >= 0.6 is 0 Å². The van der Waals surface area contributed by atoms with Crippen LogP contribution in [-0.4, -0.2) is 32.9 Å². The molecule has 2 fully saturated rings. The predicted molar refractivity (Wildman–Crippen MR) is 126 cm³/mol. The molecule has 1 heterocycles. The van der Waals surface area contributed by atoms with Crippen molar-refractivity contribution in [3.05, 3.63) is 53.9 Å². The molecule has 1 aromatic heterocycles. The third-order valence-electron chi connectivity index (χ3n) is 8.35. The number of carbonyl (C=O) groups is 2. The highest BCUT2D eigenvalue weighted by molar-refractivity contribution is 5.99. The molecule has 176 valence electrons. The maximum Gasteiger partial charge on any atom is 0.253 e. The number of phenols is 2. The van der Waals surface area contributed by atoms with Gasteiger partial charge in [-0.3, -0.25) is 14.6 Å². The molecule has 2 saturated carbocycles. The summed E-state index contributed by atoms with van der Waals surface area (Å²) >= 11 is 0. The van der Waals surface area contributed by atoms with Crippen LogP contribution in [0.15, 0.2) is 42.7 Å². The van der Waals surface area contributed by atoms with E-state index in [9.17, 15) is 19.8 Å². The van der Waals surface area contributed by atoms with Gasteiger partial charge in [-0.1, -0.05) is 34.1 Å². The summed E-state index contributed by atoms with van der Waals surface area (Å²) in [6, 6.07) is 7.39. The highest BCUT2D eigenvalue weighted by Crippen LogP contribution is 2.61. The van der Waals surface area contributed by atoms with Gasteiger partial charge < -0.3 is 15.5 Å². The van der Waals surface area contributed by atoms with E-state index in [-0.39, 0.29) is 57.8 Å². The second-order valence-electron chi connectivity index (χ2n) is 10.9. The van der Waals surface area contributed by atoms with Gasteiger partial charge in [-0.15, -0.1) is 0 Å². The number of phenolic OH excluding ortho intramolecular Hbond substituents is 2. The minimum atomic E-state index is -0.351. The topological polar surface area (TPSA) is 99.5 Å². The number of nitrogens with zero attached hydrogens (tertiary/aromatic N) is 1. The molecule has 2 aliphatic rings. The van der Waals surface area contributed by atoms with Crippen LogP contribution in [0.5, 0.6) is 11.5 Å². The number of aromatic hydroxyl groups is 2. The van der Waals surface area contributed by atoms with Gasteiger partial charge in [-0.05, 0) is 66.2 Å². The van der Waals surface area contributed by atoms with Crippen molar-refractivity contribution in [3.63, 3.8) is 0 Å². The van der Waals surface area contributed by atoms with Crippen LogP contribution in [0.25, 0.3) is 0 Å². The van der Waals surface area contributed by atoms with Crippen molar-refractivity contribution < 1.29 is 19.8 Å². The standard InChI is InChI=1S/C27H34N2O4/c1-16-21(29-25(33)17-7-5-10-28-15-17)14-22-26(2,3)8-6-9-27(22,4)23(16)24(32)18-11-19(30)13-20(31)12-18/h5,7,10-13,15-16,21-23,30-31H,6,8-9,14H2,1-4H3,(H,29,33). The van der Waals surface area contributed by atoms with E-state index in [1.54, 1.807) is 24.5 Å². The Morgan fingerprint density at radius 1 is 1.06 bits per heavy atom. The third kappa shape index (κ3) is 4.23. The minimum absolute atomic E-state index is 0.0317. The first-order valence-electron chi connectivity index (χ1n) is 11.8. The lowest BCUT2D eigenvalue weighted by atomic mass is 9.45. The molecule has 0 aliphatic heterocycles. The lowest BCUT2D eigenvalue weighted by Gasteiger charge is -2.60. The highest BCUT2D eigenvalue weighted by Gasteiger charge is 2.58. The molecule has 0 radical (unpaired) electrons. The van der Waals surface area contributed by atoms with Crippen molar-refractivity contribution in [1.82, 2.24) is 10.3 Å². The predicted octanol–water partition coefficient (Wildman–Crippen LogP) is 4.96. The zero-order valence-corrected chi connectivity index (χ0v) is 19.8. The zero-order chi connectivity index (χ0) is 24.0. The number of ketones is 1. The monoisotopic (exact) mass is 450 g/mol. The fraction of sp³-hybridized carbons (Fsp3) is 0.519. The Labute approximate surface area is 195 Å². The van der Waals surface area contributed by atoms with Crippen LogP contribution in [0.4, 0.5) is 0 Å². The molecule has 5 unspecified atom stereocenters. The fourth-order valence-electron chi connectivity index (χ4n) is 6.82. The van der Waals surface area contributed by atoms with E-state index in [2.05, 4.69) is 31.1 Å². The van der Waals surface area contributed by atoms with E-state index >= 15 is 0 Å². The summed E-state index contributed by atoms with van der Waals surface area (Å²) in [5.41, 5.74) is 0.604. The molecule has 6 heteroatoms. The number of nitrogens with one attached hydrogen (secondary N) is 1. The molecular formula is C27H34N2O4. The Morgan fingerprint density at radius 3 is 2.39 bits per heavy atom. The number of hydrogen-bond acceptors (Lipinski definition) is 5. The zero-order valence-electron chi connectivity index (χ0n) is 19.8. The van der Waals surface area contributed by atoms with Gasteiger partial charge >= 0.3 is 0 Å². The number of rotatable bonds is 4. The van der Waals surface area contributed by atoms with Crippen molar-refractivity contribution >= 4 is 11.7 Å². The lowest BCUT2D eigenvalue weighted by molar-refractivity contribution is -0.0902. The first kappa shape index (κ1) is 23.3. The average Bonchev–Trinajstić information content (AvgIpc) is 2.74. The third-order valence-corrected chi connectivity index (χ3v) is 8.35. The molecule has 4 rings (SSSR count). The van der Waals surface area contributed by atoms with Crippen molar-refractivity contribution in [3.8, 4) is 11.5 Å². The van der Waals surface area contributed by atoms with Crippen molar-refractivity contribution in [1.29, 1.82) is 0 Å². The van der Waals surface area contributed by atoms with E-state index in [0.29, 0.717) is 11.1 Å². The molecule has 2 aromatic rings. The van der Waals surface area contributed by atoms with E-state index < -0.39 is 0 Å². The van der Waals surface area contributed by atoms with Gasteiger partial charge in [-0.2, -0.15) is 0 Å². The van der Waals surface area contributed by atoms with Crippen LogP contribution in [0.2, 0.25) is 0 Å². The molecule has 6 nitrogen and oxygen atoms in total. The summed E-state index contributed by atoms with van der Waals surface area (Å²) in [4.78, 5) is 31.0. The minimum Gasteiger partial charge on any atom is -0.508 e. The van der Waals surface area contributed by atoms with E-state index in [1.165, 1.54) is 18.2 Å². The number of hydrogen-bond donors (Lipinski definition) is 3. The van der Waals surface area contributed by atoms with Gasteiger partial charge in [0.05, 0.1) is 5.56 Å². The molecular weight excluding hydrogens is 416 g/mol. The fourth-order valence-corrected chi connectivity index (χ4v) is 6.82. The van der Waals surface area contributed by atoms with Gasteiger partial charge in [0, 0.05) is 36.0 Å². The first-order chi connectivity index (χ1) is 15.5. The van der Waals surface area contributed by atoms with Crippen LogP contribution in [0, 0.1) is 28.6 Å². The number of amides is 1. The van der Waals surface area contributed by atoms with E-state index in [4.69, 9.17) is 0 Å². The lowest BCUT2D eigenvalue weighted by Crippen LogP contribution is -2.60. The Hall–Kier alpha value is -2.89. The Bertz CT molecular complexity index is 1030. The number of benzene rings is 1. The number of pyridine rings is 1. The molecule has 0 spiro atoms. The van der Waals surface area contributed by atoms with Gasteiger partial charge in [0.15, 0.2) is 5.78 Å². The van der Waals surface area contributed by atoms with Crippen LogP contribution in [0.1, 0.15) is 74.1 Å². The van der Waals surface area contributed by atoms with Gasteiger partial charge in [0.1, 0.15) is 11.5 Å². The number of Topliss-reactive ketones (excluding diaryl/α,β-unsaturated/α-hetero) is 1. The second-order valence-corrected chi connectivity index (χ2v) is 10.9. The highest BCUT2D eigenvalue weighted by atomic mass is 16.3. The maximum absolute atomic E-state index is 13.9. The number of fused-ring (bicyclic) bond motifs is 1. The maximum atomic E-state index is 13.9. The van der Waals surface area contributed by atoms with Gasteiger partial charge in [0.2, 0.25) is 0 Å². The van der Waals surface area contributed by atoms with Crippen molar-refractivity contribution in [2.24, 2.45) is 28.6 Å². The first-order valence-corrected chi connectivity index (χ1v) is 11.8. The summed E-state index contributed by atoms with van der Waals surface area (Å²) in [6.07, 6.45) is 7.07. The molecule has 3 N–H and O–H groups in total. The van der Waals surface area contributed by atoms with Gasteiger partial charge in [-0.25, -0.2) is 0 Å². The molecule has 5 atom stereocenters. The van der Waals surface area contributed by atoms with Crippen molar-refractivity contribution in [2.45, 2.75) is 59.4 Å². The normalized spacial score (nSPS) is 30.8. The summed E-state index contributed by atoms with van der Waals surface area (Å²) < 4.78 is 0. The molecule has 1 amide bonds. The SMILES string of the molecule is CC1C(NC(=O)c2cccnc2)CC2C(C)(C)CCCC2(C)C1C(=O)c1cc(O)cc(O)c1. The second kappa shape index (κ2) is 8.47. The Balaban J connectivity index is 1.73. The smallest absolute Gasteiger partial charge is 0.253 e. The number of aromatic nitrogens is 1. The number of carbonyl (C=O) groups excluding carboxylic acids is 2. The van der Waals surface area contributed by atoms with E-state index in [0.717, 1.165) is 25.7 Å². The van der Waals surface area contributed by atoms with E-state index in [1.807, 2.05) is 6.92 Å². The molecule has 0 saturated heterocycles. The molecule has 0 bridgehead atoms. The quantitative estimate of drug-likeness (QED) is 0.572. The Morgan fingerprint density at radius 2 is 1.76 bits per heavy atom. The molecule has 2 aliphatic carbocycles. The largest absolute Gasteiger partial charge is 0.508 e. The molecule has 33 heavy (non-hydrogen) atoms. The molecule has 1 aromatic carbocycles. The van der Waals surface area contributed by atoms with Gasteiger partial charge in [0.25, 0.3) is 5.91 Å². The average molecular weight is 451 g/mol. The summed E-state index contributed by atoms with van der Waals surface area (Å²) in [6.45, 7) is 8.81.